The lowest BCUT2D eigenvalue weighted by atomic mass is 9.55. The van der Waals surface area contributed by atoms with Crippen molar-refractivity contribution in [3.8, 4) is 5.75 Å². The predicted molar refractivity (Wildman–Crippen MR) is 92.5 cm³/mol. The average molecular weight is 313 g/mol. The summed E-state index contributed by atoms with van der Waals surface area (Å²) in [5.74, 6) is 2.46. The van der Waals surface area contributed by atoms with Gasteiger partial charge in [0, 0.05) is 18.5 Å². The highest BCUT2D eigenvalue weighted by Crippen LogP contribution is 2.54. The molecule has 1 heterocycles. The Hall–Kier alpha value is -1.71. The number of nitrogens with two attached hydrogens (primary N) is 1. The van der Waals surface area contributed by atoms with Gasteiger partial charge in [-0.2, -0.15) is 0 Å². The van der Waals surface area contributed by atoms with Gasteiger partial charge in [0.05, 0.1) is 12.6 Å². The number of rotatable bonds is 4. The summed E-state index contributed by atoms with van der Waals surface area (Å²) in [4.78, 5) is 4.73. The molecule has 3 aliphatic rings. The third-order valence-corrected chi connectivity index (χ3v) is 6.17. The molecule has 1 aromatic rings. The second-order valence-electron chi connectivity index (χ2n) is 7.42. The van der Waals surface area contributed by atoms with Crippen LogP contribution in [0, 0.1) is 11.3 Å². The van der Waals surface area contributed by atoms with Crippen LogP contribution in [-0.2, 0) is 0 Å². The molecule has 4 nitrogen and oxygen atoms in total. The van der Waals surface area contributed by atoms with Crippen LogP contribution in [0.4, 0.5) is 0 Å². The van der Waals surface area contributed by atoms with Gasteiger partial charge < -0.3 is 15.8 Å². The van der Waals surface area contributed by atoms with E-state index < -0.39 is 0 Å². The molecule has 0 aromatic heterocycles. The van der Waals surface area contributed by atoms with E-state index in [4.69, 9.17) is 15.5 Å². The monoisotopic (exact) mass is 313 g/mol. The van der Waals surface area contributed by atoms with Crippen LogP contribution < -0.4 is 15.8 Å². The summed E-state index contributed by atoms with van der Waals surface area (Å²) in [6.45, 7) is 1.63. The molecule has 1 aromatic carbocycles. The number of nitrogens with one attached hydrogen (secondary N) is 1. The van der Waals surface area contributed by atoms with E-state index >= 15 is 0 Å². The van der Waals surface area contributed by atoms with Gasteiger partial charge in [-0.3, -0.25) is 4.99 Å². The second kappa shape index (κ2) is 6.06. The van der Waals surface area contributed by atoms with Crippen LogP contribution in [0.3, 0.4) is 0 Å². The Morgan fingerprint density at radius 2 is 2.04 bits per heavy atom. The van der Waals surface area contributed by atoms with Crippen LogP contribution in [0.1, 0.15) is 56.6 Å². The van der Waals surface area contributed by atoms with Gasteiger partial charge in [-0.1, -0.05) is 31.0 Å². The number of aliphatic imine (C=N–C) groups is 1. The SMILES string of the molecule is NC(=NCC1(C2CCC2)CCC1)NC1CCOc2ccccc21. The topological polar surface area (TPSA) is 59.6 Å². The summed E-state index contributed by atoms with van der Waals surface area (Å²) in [5.41, 5.74) is 7.86. The first-order chi connectivity index (χ1) is 11.3. The Labute approximate surface area is 138 Å². The number of guanidine groups is 1. The molecule has 124 valence electrons. The van der Waals surface area contributed by atoms with Crippen LogP contribution in [0.5, 0.6) is 5.75 Å². The molecule has 1 aliphatic heterocycles. The van der Waals surface area contributed by atoms with Gasteiger partial charge >= 0.3 is 0 Å². The highest BCUT2D eigenvalue weighted by atomic mass is 16.5. The Bertz CT molecular complexity index is 590. The number of nitrogens with zero attached hydrogens (tertiary/aromatic N) is 1. The zero-order valence-electron chi connectivity index (χ0n) is 13.8. The predicted octanol–water partition coefficient (Wildman–Crippen LogP) is 3.38. The van der Waals surface area contributed by atoms with Gasteiger partial charge in [0.15, 0.2) is 5.96 Å². The van der Waals surface area contributed by atoms with Gasteiger partial charge in [0.25, 0.3) is 0 Å². The zero-order valence-corrected chi connectivity index (χ0v) is 13.8. The number of ether oxygens (including phenoxy) is 1. The molecular weight excluding hydrogens is 286 g/mol. The fraction of sp³-hybridized carbons (Fsp3) is 0.632. The van der Waals surface area contributed by atoms with Gasteiger partial charge in [-0.25, -0.2) is 0 Å². The molecule has 0 radical (unpaired) electrons. The minimum atomic E-state index is 0.213. The van der Waals surface area contributed by atoms with E-state index in [0.29, 0.717) is 11.4 Å². The highest BCUT2D eigenvalue weighted by Gasteiger charge is 2.45. The fourth-order valence-electron chi connectivity index (χ4n) is 4.31. The number of hydrogen-bond donors (Lipinski definition) is 2. The van der Waals surface area contributed by atoms with Crippen molar-refractivity contribution in [3.05, 3.63) is 29.8 Å². The minimum absolute atomic E-state index is 0.213. The normalized spacial score (nSPS) is 26.4. The quantitative estimate of drug-likeness (QED) is 0.662. The Balaban J connectivity index is 1.41. The lowest BCUT2D eigenvalue weighted by Gasteiger charge is -2.51. The van der Waals surface area contributed by atoms with Gasteiger partial charge in [0.2, 0.25) is 0 Å². The number of hydrogen-bond acceptors (Lipinski definition) is 2. The van der Waals surface area contributed by atoms with E-state index in [1.807, 2.05) is 12.1 Å². The van der Waals surface area contributed by atoms with Gasteiger partial charge in [-0.05, 0) is 43.1 Å². The summed E-state index contributed by atoms with van der Waals surface area (Å²) in [7, 11) is 0. The average Bonchev–Trinajstić information content (AvgIpc) is 2.48. The van der Waals surface area contributed by atoms with E-state index in [-0.39, 0.29) is 6.04 Å². The van der Waals surface area contributed by atoms with Crippen LogP contribution >= 0.6 is 0 Å². The summed E-state index contributed by atoms with van der Waals surface area (Å²) in [6, 6.07) is 8.41. The first kappa shape index (κ1) is 14.9. The Morgan fingerprint density at radius 1 is 1.22 bits per heavy atom. The van der Waals surface area contributed by atoms with E-state index in [0.717, 1.165) is 31.2 Å². The number of fused-ring (bicyclic) bond motifs is 1. The Kier molecular flexibility index (Phi) is 3.92. The van der Waals surface area contributed by atoms with Crippen molar-refractivity contribution in [1.82, 2.24) is 5.32 Å². The maximum absolute atomic E-state index is 6.21. The molecule has 3 N–H and O–H groups in total. The molecule has 4 rings (SSSR count). The molecule has 2 saturated carbocycles. The van der Waals surface area contributed by atoms with Crippen molar-refractivity contribution >= 4 is 5.96 Å². The molecule has 0 amide bonds. The lowest BCUT2D eigenvalue weighted by molar-refractivity contribution is 0.0115. The molecule has 0 spiro atoms. The summed E-state index contributed by atoms with van der Waals surface area (Å²) >= 11 is 0. The Morgan fingerprint density at radius 3 is 2.74 bits per heavy atom. The third kappa shape index (κ3) is 2.79. The standard InChI is InChI=1S/C19H27N3O/c20-18(21-13-19(10-4-11-19)14-5-3-6-14)22-16-9-12-23-17-8-2-1-7-15(16)17/h1-2,7-8,14,16H,3-6,9-13H2,(H3,20,21,22). The molecule has 0 saturated heterocycles. The molecule has 23 heavy (non-hydrogen) atoms. The van der Waals surface area contributed by atoms with Crippen molar-refractivity contribution in [2.75, 3.05) is 13.2 Å². The van der Waals surface area contributed by atoms with Crippen LogP contribution in [0.2, 0.25) is 0 Å². The maximum Gasteiger partial charge on any atom is 0.189 e. The highest BCUT2D eigenvalue weighted by molar-refractivity contribution is 5.78. The molecule has 1 unspecified atom stereocenters. The van der Waals surface area contributed by atoms with E-state index in [2.05, 4.69) is 17.4 Å². The van der Waals surface area contributed by atoms with Crippen molar-refractivity contribution < 1.29 is 4.74 Å². The first-order valence-corrected chi connectivity index (χ1v) is 9.05. The molecule has 1 atom stereocenters. The van der Waals surface area contributed by atoms with E-state index in [9.17, 15) is 0 Å². The third-order valence-electron chi connectivity index (χ3n) is 6.17. The van der Waals surface area contributed by atoms with Crippen molar-refractivity contribution in [2.24, 2.45) is 22.1 Å². The smallest absolute Gasteiger partial charge is 0.189 e. The maximum atomic E-state index is 6.21. The van der Waals surface area contributed by atoms with E-state index in [1.54, 1.807) is 0 Å². The summed E-state index contributed by atoms with van der Waals surface area (Å²) in [5, 5.41) is 3.42. The van der Waals surface area contributed by atoms with Crippen molar-refractivity contribution in [3.63, 3.8) is 0 Å². The van der Waals surface area contributed by atoms with Crippen LogP contribution in [-0.4, -0.2) is 19.1 Å². The summed E-state index contributed by atoms with van der Waals surface area (Å²) < 4.78 is 5.71. The first-order valence-electron chi connectivity index (χ1n) is 9.05. The van der Waals surface area contributed by atoms with Crippen LogP contribution in [0.25, 0.3) is 0 Å². The largest absolute Gasteiger partial charge is 0.493 e. The van der Waals surface area contributed by atoms with Gasteiger partial charge in [-0.15, -0.1) is 0 Å². The molecule has 4 heteroatoms. The number of benzene rings is 1. The summed E-state index contributed by atoms with van der Waals surface area (Å²) in [6.07, 6.45) is 9.19. The second-order valence-corrected chi connectivity index (χ2v) is 7.42. The fourth-order valence-corrected chi connectivity index (χ4v) is 4.31. The van der Waals surface area contributed by atoms with E-state index in [1.165, 1.54) is 44.1 Å². The number of para-hydroxylation sites is 1. The zero-order chi connectivity index (χ0) is 15.7. The molecule has 0 bridgehead atoms. The van der Waals surface area contributed by atoms with Crippen LogP contribution in [0.15, 0.2) is 29.3 Å². The molecule has 2 aliphatic carbocycles. The van der Waals surface area contributed by atoms with Crippen molar-refractivity contribution in [2.45, 2.75) is 51.0 Å². The molecule has 2 fully saturated rings. The van der Waals surface area contributed by atoms with Crippen molar-refractivity contribution in [1.29, 1.82) is 0 Å². The van der Waals surface area contributed by atoms with Gasteiger partial charge in [0.1, 0.15) is 5.75 Å². The molecular formula is C19H27N3O. The lowest BCUT2D eigenvalue weighted by Crippen LogP contribution is -2.45. The minimum Gasteiger partial charge on any atom is -0.493 e.